The lowest BCUT2D eigenvalue weighted by atomic mass is 10.2. The van der Waals surface area contributed by atoms with Crippen molar-refractivity contribution in [3.8, 4) is 27.9 Å². The highest BCUT2D eigenvalue weighted by molar-refractivity contribution is 7.12. The number of halogens is 2. The molecule has 2 aromatic heterocycles. The summed E-state index contributed by atoms with van der Waals surface area (Å²) in [6.45, 7) is 0. The van der Waals surface area contributed by atoms with Crippen LogP contribution in [0.25, 0.3) is 27.4 Å². The first-order chi connectivity index (χ1) is 12.6. The van der Waals surface area contributed by atoms with Gasteiger partial charge in [0.25, 0.3) is 0 Å². The molecule has 0 radical (unpaired) electrons. The van der Waals surface area contributed by atoms with Gasteiger partial charge in [0.05, 0.1) is 36.0 Å². The number of imidazole rings is 1. The van der Waals surface area contributed by atoms with Crippen molar-refractivity contribution in [2.75, 3.05) is 14.2 Å². The van der Waals surface area contributed by atoms with E-state index in [0.29, 0.717) is 17.2 Å². The molecular formula is C18H13ClFN3O2S. The van der Waals surface area contributed by atoms with Crippen molar-refractivity contribution in [1.82, 2.24) is 14.5 Å². The summed E-state index contributed by atoms with van der Waals surface area (Å²) in [6.07, 6.45) is 1.70. The highest BCUT2D eigenvalue weighted by Gasteiger charge is 2.14. The van der Waals surface area contributed by atoms with Crippen LogP contribution in [-0.2, 0) is 0 Å². The molecule has 0 aliphatic rings. The van der Waals surface area contributed by atoms with Crippen LogP contribution in [-0.4, -0.2) is 28.8 Å². The monoisotopic (exact) mass is 389 g/mol. The summed E-state index contributed by atoms with van der Waals surface area (Å²) >= 11 is 7.32. The molecule has 2 aromatic carbocycles. The molecule has 0 saturated heterocycles. The van der Waals surface area contributed by atoms with Crippen LogP contribution >= 0.6 is 22.9 Å². The molecule has 5 nitrogen and oxygen atoms in total. The predicted octanol–water partition coefficient (Wildman–Crippen LogP) is 4.96. The van der Waals surface area contributed by atoms with E-state index >= 15 is 0 Å². The topological polar surface area (TPSA) is 49.2 Å². The second-order valence-corrected chi connectivity index (χ2v) is 6.70. The summed E-state index contributed by atoms with van der Waals surface area (Å²) in [5.74, 6) is 0.780. The average molecular weight is 390 g/mol. The minimum absolute atomic E-state index is 0.0713. The molecule has 0 amide bonds. The summed E-state index contributed by atoms with van der Waals surface area (Å²) in [7, 11) is 3.17. The third-order valence-corrected chi connectivity index (χ3v) is 5.10. The average Bonchev–Trinajstić information content (AvgIpc) is 3.29. The molecule has 0 aliphatic heterocycles. The third-order valence-electron chi connectivity index (χ3n) is 3.97. The fourth-order valence-electron chi connectivity index (χ4n) is 2.65. The molecule has 0 spiro atoms. The van der Waals surface area contributed by atoms with Gasteiger partial charge in [-0.05, 0) is 18.2 Å². The Labute approximate surface area is 157 Å². The molecule has 4 aromatic rings. The Morgan fingerprint density at radius 1 is 1.12 bits per heavy atom. The Kier molecular flexibility index (Phi) is 4.26. The minimum Gasteiger partial charge on any atom is -0.493 e. The number of hydrogen-bond acceptors (Lipinski definition) is 5. The molecule has 26 heavy (non-hydrogen) atoms. The predicted molar refractivity (Wildman–Crippen MR) is 100 cm³/mol. The zero-order chi connectivity index (χ0) is 18.3. The van der Waals surface area contributed by atoms with Gasteiger partial charge >= 0.3 is 0 Å². The maximum Gasteiger partial charge on any atom is 0.195 e. The molecule has 0 fully saturated rings. The van der Waals surface area contributed by atoms with E-state index < -0.39 is 5.82 Å². The molecule has 0 unspecified atom stereocenters. The first-order valence-electron chi connectivity index (χ1n) is 7.61. The van der Waals surface area contributed by atoms with E-state index in [1.54, 1.807) is 32.7 Å². The number of fused-ring (bicyclic) bond motifs is 1. The second-order valence-electron chi connectivity index (χ2n) is 5.45. The van der Waals surface area contributed by atoms with Crippen molar-refractivity contribution in [1.29, 1.82) is 0 Å². The van der Waals surface area contributed by atoms with Gasteiger partial charge in [-0.2, -0.15) is 0 Å². The molecule has 0 atom stereocenters. The number of nitrogens with zero attached hydrogens (tertiary/aromatic N) is 3. The molecule has 0 saturated carbocycles. The molecular weight excluding hydrogens is 377 g/mol. The smallest absolute Gasteiger partial charge is 0.195 e. The van der Waals surface area contributed by atoms with Crippen molar-refractivity contribution in [2.24, 2.45) is 0 Å². The summed E-state index contributed by atoms with van der Waals surface area (Å²) in [5, 5.41) is 2.70. The van der Waals surface area contributed by atoms with Crippen LogP contribution in [0.3, 0.4) is 0 Å². The number of benzene rings is 2. The molecule has 132 valence electrons. The highest BCUT2D eigenvalue weighted by Crippen LogP contribution is 2.34. The molecule has 4 rings (SSSR count). The van der Waals surface area contributed by atoms with Gasteiger partial charge in [-0.25, -0.2) is 14.4 Å². The lowest BCUT2D eigenvalue weighted by Gasteiger charge is -2.07. The maximum atomic E-state index is 13.4. The van der Waals surface area contributed by atoms with Gasteiger partial charge in [-0.15, -0.1) is 11.3 Å². The summed E-state index contributed by atoms with van der Waals surface area (Å²) in [4.78, 5) is 9.04. The van der Waals surface area contributed by atoms with Gasteiger partial charge in [0.15, 0.2) is 16.6 Å². The van der Waals surface area contributed by atoms with E-state index in [4.69, 9.17) is 21.1 Å². The van der Waals surface area contributed by atoms with Crippen LogP contribution in [0.1, 0.15) is 0 Å². The van der Waals surface area contributed by atoms with Crippen molar-refractivity contribution >= 4 is 34.0 Å². The Morgan fingerprint density at radius 2 is 1.88 bits per heavy atom. The van der Waals surface area contributed by atoms with Crippen LogP contribution in [0.4, 0.5) is 4.39 Å². The number of rotatable bonds is 4. The first-order valence-corrected chi connectivity index (χ1v) is 8.87. The van der Waals surface area contributed by atoms with Gasteiger partial charge in [-0.1, -0.05) is 11.6 Å². The van der Waals surface area contributed by atoms with Gasteiger partial charge in [0, 0.05) is 23.1 Å². The van der Waals surface area contributed by atoms with E-state index in [2.05, 4.69) is 9.97 Å². The first kappa shape index (κ1) is 16.8. The highest BCUT2D eigenvalue weighted by atomic mass is 35.5. The molecule has 0 N–H and O–H groups in total. The summed E-state index contributed by atoms with van der Waals surface area (Å²) < 4.78 is 25.9. The van der Waals surface area contributed by atoms with Gasteiger partial charge in [-0.3, -0.25) is 4.57 Å². The molecule has 2 heterocycles. The standard InChI is InChI=1S/C18H13ClFN3O2S/c1-24-16-6-13-15(7-17(16)25-2)23(9-21-13)18-22-14(8-26-18)10-3-4-12(20)11(19)5-10/h3-9H,1-2H3. The normalized spacial score (nSPS) is 11.1. The Morgan fingerprint density at radius 3 is 2.62 bits per heavy atom. The number of methoxy groups -OCH3 is 2. The Hall–Kier alpha value is -2.64. The SMILES string of the molecule is COc1cc2ncn(-c3nc(-c4ccc(F)c(Cl)c4)cs3)c2cc1OC. The lowest BCUT2D eigenvalue weighted by Crippen LogP contribution is -1.94. The number of hydrogen-bond donors (Lipinski definition) is 0. The van der Waals surface area contributed by atoms with Crippen molar-refractivity contribution in [3.05, 3.63) is 52.9 Å². The van der Waals surface area contributed by atoms with E-state index in [9.17, 15) is 4.39 Å². The maximum absolute atomic E-state index is 13.4. The van der Waals surface area contributed by atoms with Crippen LogP contribution < -0.4 is 9.47 Å². The molecule has 8 heteroatoms. The fraction of sp³-hybridized carbons (Fsp3) is 0.111. The quantitative estimate of drug-likeness (QED) is 0.495. The zero-order valence-electron chi connectivity index (χ0n) is 13.9. The lowest BCUT2D eigenvalue weighted by molar-refractivity contribution is 0.355. The van der Waals surface area contributed by atoms with E-state index in [0.717, 1.165) is 21.7 Å². The Bertz CT molecular complexity index is 1110. The molecule has 0 aliphatic carbocycles. The number of thiazole rings is 1. The number of ether oxygens (including phenoxy) is 2. The fourth-order valence-corrected chi connectivity index (χ4v) is 3.65. The molecule has 0 bridgehead atoms. The van der Waals surface area contributed by atoms with Crippen molar-refractivity contribution < 1.29 is 13.9 Å². The van der Waals surface area contributed by atoms with Crippen LogP contribution in [0, 0.1) is 5.82 Å². The van der Waals surface area contributed by atoms with E-state index in [1.807, 2.05) is 22.1 Å². The van der Waals surface area contributed by atoms with E-state index in [-0.39, 0.29) is 5.02 Å². The van der Waals surface area contributed by atoms with Crippen LogP contribution in [0.2, 0.25) is 5.02 Å². The Balaban J connectivity index is 1.79. The number of aromatic nitrogens is 3. The van der Waals surface area contributed by atoms with Crippen molar-refractivity contribution in [2.45, 2.75) is 0 Å². The van der Waals surface area contributed by atoms with Gasteiger partial charge in [0.1, 0.15) is 12.1 Å². The van der Waals surface area contributed by atoms with Crippen LogP contribution in [0.5, 0.6) is 11.5 Å². The zero-order valence-corrected chi connectivity index (χ0v) is 15.4. The van der Waals surface area contributed by atoms with E-state index in [1.165, 1.54) is 17.4 Å². The second kappa shape index (κ2) is 6.59. The minimum atomic E-state index is -0.451. The van der Waals surface area contributed by atoms with Crippen LogP contribution in [0.15, 0.2) is 42.0 Å². The summed E-state index contributed by atoms with van der Waals surface area (Å²) in [6, 6.07) is 8.23. The van der Waals surface area contributed by atoms with Gasteiger partial charge < -0.3 is 9.47 Å². The van der Waals surface area contributed by atoms with Crippen molar-refractivity contribution in [3.63, 3.8) is 0 Å². The van der Waals surface area contributed by atoms with Gasteiger partial charge in [0.2, 0.25) is 0 Å². The largest absolute Gasteiger partial charge is 0.493 e. The summed E-state index contributed by atoms with van der Waals surface area (Å²) in [5.41, 5.74) is 3.08. The third kappa shape index (κ3) is 2.79.